The molecule has 2 rings (SSSR count). The Balaban J connectivity index is 1.55. The summed E-state index contributed by atoms with van der Waals surface area (Å²) in [5, 5.41) is 2.94. The average molecular weight is 319 g/mol. The lowest BCUT2D eigenvalue weighted by molar-refractivity contribution is -0.120. The Morgan fingerprint density at radius 1 is 1.27 bits per heavy atom. The van der Waals surface area contributed by atoms with Gasteiger partial charge in [0.15, 0.2) is 0 Å². The molecule has 1 N–H and O–H groups in total. The maximum atomic E-state index is 11.8. The van der Waals surface area contributed by atoms with E-state index in [1.807, 2.05) is 36.4 Å². The van der Waals surface area contributed by atoms with Crippen LogP contribution in [-0.2, 0) is 17.0 Å². The van der Waals surface area contributed by atoms with Gasteiger partial charge in [0.25, 0.3) is 0 Å². The topological polar surface area (TPSA) is 51.5 Å². The average Bonchev–Trinajstić information content (AvgIpc) is 3.06. The largest absolute Gasteiger partial charge is 0.497 e. The van der Waals surface area contributed by atoms with E-state index in [0.717, 1.165) is 35.0 Å². The van der Waals surface area contributed by atoms with Gasteiger partial charge in [-0.05, 0) is 36.2 Å². The minimum absolute atomic E-state index is 0.0921. The van der Waals surface area contributed by atoms with Gasteiger partial charge >= 0.3 is 0 Å². The number of nitrogens with one attached hydrogen (secondary N) is 1. The summed E-state index contributed by atoms with van der Waals surface area (Å²) in [4.78, 5) is 11.8. The second kappa shape index (κ2) is 9.20. The number of ether oxygens (including phenoxy) is 1. The third-order valence-corrected chi connectivity index (χ3v) is 4.17. The standard InChI is InChI=1S/C17H21NO3S/c1-20-15-7-4-14(5-8-15)6-9-17(19)18-10-12-22-13-16-3-2-11-21-16/h2-5,7-8,11H,6,9-10,12-13H2,1H3,(H,18,19). The lowest BCUT2D eigenvalue weighted by Gasteiger charge is -2.06. The molecule has 0 saturated carbocycles. The van der Waals surface area contributed by atoms with E-state index in [1.54, 1.807) is 25.1 Å². The summed E-state index contributed by atoms with van der Waals surface area (Å²) in [7, 11) is 1.65. The van der Waals surface area contributed by atoms with E-state index in [4.69, 9.17) is 9.15 Å². The number of benzene rings is 1. The fourth-order valence-electron chi connectivity index (χ4n) is 1.97. The molecule has 0 aliphatic rings. The summed E-state index contributed by atoms with van der Waals surface area (Å²) in [6.07, 6.45) is 2.93. The van der Waals surface area contributed by atoms with Crippen molar-refractivity contribution in [2.75, 3.05) is 19.4 Å². The van der Waals surface area contributed by atoms with Crippen LogP contribution in [0.4, 0.5) is 0 Å². The van der Waals surface area contributed by atoms with Gasteiger partial charge in [-0.15, -0.1) is 0 Å². The Morgan fingerprint density at radius 3 is 2.77 bits per heavy atom. The predicted molar refractivity (Wildman–Crippen MR) is 89.2 cm³/mol. The van der Waals surface area contributed by atoms with Gasteiger partial charge in [0.2, 0.25) is 5.91 Å². The first kappa shape index (κ1) is 16.5. The third-order valence-electron chi connectivity index (χ3n) is 3.19. The fraction of sp³-hybridized carbons (Fsp3) is 0.353. The Kier molecular flexibility index (Phi) is 6.90. The number of hydrogen-bond donors (Lipinski definition) is 1. The quantitative estimate of drug-likeness (QED) is 0.721. The smallest absolute Gasteiger partial charge is 0.220 e. The van der Waals surface area contributed by atoms with Gasteiger partial charge in [0.1, 0.15) is 11.5 Å². The van der Waals surface area contributed by atoms with Gasteiger partial charge in [-0.25, -0.2) is 0 Å². The van der Waals surface area contributed by atoms with E-state index >= 15 is 0 Å². The molecule has 2 aromatic rings. The van der Waals surface area contributed by atoms with E-state index < -0.39 is 0 Å². The Labute approximate surface area is 135 Å². The molecule has 0 atom stereocenters. The highest BCUT2D eigenvalue weighted by Gasteiger charge is 2.03. The highest BCUT2D eigenvalue weighted by atomic mass is 32.2. The predicted octanol–water partition coefficient (Wildman–Crippen LogP) is 3.27. The molecule has 1 heterocycles. The lowest BCUT2D eigenvalue weighted by atomic mass is 10.1. The second-order valence-electron chi connectivity index (χ2n) is 4.83. The van der Waals surface area contributed by atoms with Crippen LogP contribution in [0.3, 0.4) is 0 Å². The molecule has 0 aliphatic carbocycles. The van der Waals surface area contributed by atoms with Crippen LogP contribution in [0.25, 0.3) is 0 Å². The third kappa shape index (κ3) is 5.85. The zero-order valence-corrected chi connectivity index (χ0v) is 13.5. The molecular weight excluding hydrogens is 298 g/mol. The number of rotatable bonds is 9. The summed E-state index contributed by atoms with van der Waals surface area (Å²) < 4.78 is 10.4. The van der Waals surface area contributed by atoms with E-state index in [1.165, 1.54) is 0 Å². The number of furan rings is 1. The van der Waals surface area contributed by atoms with Crippen LogP contribution in [0.1, 0.15) is 17.7 Å². The molecule has 22 heavy (non-hydrogen) atoms. The zero-order valence-electron chi connectivity index (χ0n) is 12.7. The molecule has 118 valence electrons. The molecule has 0 fully saturated rings. The molecule has 4 nitrogen and oxygen atoms in total. The van der Waals surface area contributed by atoms with Crippen LogP contribution < -0.4 is 10.1 Å². The monoisotopic (exact) mass is 319 g/mol. The lowest BCUT2D eigenvalue weighted by Crippen LogP contribution is -2.25. The van der Waals surface area contributed by atoms with Crippen LogP contribution in [0.2, 0.25) is 0 Å². The van der Waals surface area contributed by atoms with E-state index in [0.29, 0.717) is 13.0 Å². The summed E-state index contributed by atoms with van der Waals surface area (Å²) >= 11 is 1.75. The molecule has 0 bridgehead atoms. The van der Waals surface area contributed by atoms with Gasteiger partial charge in [0.05, 0.1) is 19.1 Å². The molecular formula is C17H21NO3S. The first-order chi connectivity index (χ1) is 10.8. The van der Waals surface area contributed by atoms with Crippen molar-refractivity contribution in [3.05, 3.63) is 54.0 Å². The number of carbonyl (C=O) groups excluding carboxylic acids is 1. The number of carbonyl (C=O) groups is 1. The molecule has 0 radical (unpaired) electrons. The zero-order chi connectivity index (χ0) is 15.6. The molecule has 1 amide bonds. The molecule has 5 heteroatoms. The van der Waals surface area contributed by atoms with Gasteiger partial charge in [-0.3, -0.25) is 4.79 Å². The van der Waals surface area contributed by atoms with Crippen LogP contribution in [-0.4, -0.2) is 25.3 Å². The number of methoxy groups -OCH3 is 1. The molecule has 0 unspecified atom stereocenters. The second-order valence-corrected chi connectivity index (χ2v) is 5.94. The van der Waals surface area contributed by atoms with E-state index in [9.17, 15) is 4.79 Å². The number of aryl methyl sites for hydroxylation is 1. The Bertz CT molecular complexity index is 552. The summed E-state index contributed by atoms with van der Waals surface area (Å²) in [5.41, 5.74) is 1.14. The van der Waals surface area contributed by atoms with Gasteiger partial charge in [0, 0.05) is 18.7 Å². The molecule has 1 aromatic heterocycles. The highest BCUT2D eigenvalue weighted by molar-refractivity contribution is 7.98. The van der Waals surface area contributed by atoms with Crippen LogP contribution in [0.5, 0.6) is 5.75 Å². The Morgan fingerprint density at radius 2 is 2.09 bits per heavy atom. The fourth-order valence-corrected chi connectivity index (χ4v) is 2.72. The van der Waals surface area contributed by atoms with Crippen molar-refractivity contribution in [1.29, 1.82) is 0 Å². The highest BCUT2D eigenvalue weighted by Crippen LogP contribution is 2.13. The molecule has 1 aromatic carbocycles. The van der Waals surface area contributed by atoms with Gasteiger partial charge in [-0.2, -0.15) is 11.8 Å². The van der Waals surface area contributed by atoms with Crippen molar-refractivity contribution in [2.24, 2.45) is 0 Å². The van der Waals surface area contributed by atoms with Crippen molar-refractivity contribution in [2.45, 2.75) is 18.6 Å². The minimum Gasteiger partial charge on any atom is -0.497 e. The maximum absolute atomic E-state index is 11.8. The van der Waals surface area contributed by atoms with Crippen molar-refractivity contribution >= 4 is 17.7 Å². The SMILES string of the molecule is COc1ccc(CCC(=O)NCCSCc2ccco2)cc1. The number of hydrogen-bond acceptors (Lipinski definition) is 4. The van der Waals surface area contributed by atoms with Crippen molar-refractivity contribution < 1.29 is 13.9 Å². The summed E-state index contributed by atoms with van der Waals surface area (Å²) in [6.45, 7) is 0.687. The number of thioether (sulfide) groups is 1. The van der Waals surface area contributed by atoms with Crippen molar-refractivity contribution in [3.8, 4) is 5.75 Å². The molecule has 0 spiro atoms. The van der Waals surface area contributed by atoms with E-state index in [2.05, 4.69) is 5.32 Å². The van der Waals surface area contributed by atoms with Gasteiger partial charge < -0.3 is 14.5 Å². The number of amides is 1. The summed E-state index contributed by atoms with van der Waals surface area (Å²) in [5.74, 6) is 3.62. The van der Waals surface area contributed by atoms with E-state index in [-0.39, 0.29) is 5.91 Å². The normalized spacial score (nSPS) is 10.4. The summed E-state index contributed by atoms with van der Waals surface area (Å²) in [6, 6.07) is 11.7. The molecule has 0 aliphatic heterocycles. The maximum Gasteiger partial charge on any atom is 0.220 e. The van der Waals surface area contributed by atoms with Crippen molar-refractivity contribution in [3.63, 3.8) is 0 Å². The van der Waals surface area contributed by atoms with Crippen LogP contribution in [0.15, 0.2) is 47.1 Å². The first-order valence-corrected chi connectivity index (χ1v) is 8.43. The molecule has 0 saturated heterocycles. The van der Waals surface area contributed by atoms with Crippen molar-refractivity contribution in [1.82, 2.24) is 5.32 Å². The van der Waals surface area contributed by atoms with Crippen LogP contribution >= 0.6 is 11.8 Å². The minimum atomic E-state index is 0.0921. The first-order valence-electron chi connectivity index (χ1n) is 7.27. The van der Waals surface area contributed by atoms with Gasteiger partial charge in [-0.1, -0.05) is 12.1 Å². The Hall–Kier alpha value is -1.88. The van der Waals surface area contributed by atoms with Crippen LogP contribution in [0, 0.1) is 0 Å².